The van der Waals surface area contributed by atoms with Crippen molar-refractivity contribution in [3.63, 3.8) is 0 Å². The minimum absolute atomic E-state index is 0. The number of halogens is 3. The van der Waals surface area contributed by atoms with Crippen molar-refractivity contribution in [2.45, 2.75) is 36.6 Å². The van der Waals surface area contributed by atoms with Gasteiger partial charge >= 0.3 is 0 Å². The molecule has 0 spiro atoms. The van der Waals surface area contributed by atoms with Crippen molar-refractivity contribution in [2.24, 2.45) is 11.7 Å². The Hall–Kier alpha value is -1.29. The normalized spacial score (nSPS) is 23.9. The first-order chi connectivity index (χ1) is 12.3. The molecule has 2 aliphatic rings. The van der Waals surface area contributed by atoms with Gasteiger partial charge in [-0.05, 0) is 30.9 Å². The fourth-order valence-corrected chi connectivity index (χ4v) is 5.24. The van der Waals surface area contributed by atoms with Crippen LogP contribution < -0.4 is 5.73 Å². The average molecular weight is 424 g/mol. The van der Waals surface area contributed by atoms with E-state index in [1.54, 1.807) is 4.90 Å². The Labute approximate surface area is 164 Å². The van der Waals surface area contributed by atoms with Crippen LogP contribution >= 0.6 is 12.4 Å². The summed E-state index contributed by atoms with van der Waals surface area (Å²) in [6, 6.07) is 3.00. The molecule has 1 aromatic rings. The van der Waals surface area contributed by atoms with Gasteiger partial charge in [-0.2, -0.15) is 4.31 Å². The lowest BCUT2D eigenvalue weighted by atomic mass is 9.99. The van der Waals surface area contributed by atoms with Crippen molar-refractivity contribution in [2.75, 3.05) is 26.2 Å². The number of carbonyl (C=O) groups excluding carboxylic acids is 1. The molecule has 0 aromatic heterocycles. The fraction of sp³-hybridized carbons (Fsp3) is 0.588. The lowest BCUT2D eigenvalue weighted by Gasteiger charge is -2.34. The van der Waals surface area contributed by atoms with Gasteiger partial charge in [-0.1, -0.05) is 12.5 Å². The van der Waals surface area contributed by atoms with Crippen LogP contribution in [0.2, 0.25) is 0 Å². The molecule has 152 valence electrons. The highest BCUT2D eigenvalue weighted by Crippen LogP contribution is 2.28. The minimum atomic E-state index is -4.28. The van der Waals surface area contributed by atoms with E-state index in [0.29, 0.717) is 6.42 Å². The summed E-state index contributed by atoms with van der Waals surface area (Å²) in [6.07, 6.45) is 3.27. The average Bonchev–Trinajstić information content (AvgIpc) is 2.99. The molecule has 0 unspecified atom stereocenters. The molecule has 1 saturated carbocycles. The van der Waals surface area contributed by atoms with E-state index in [-0.39, 0.29) is 56.5 Å². The van der Waals surface area contributed by atoms with Crippen LogP contribution in [0.3, 0.4) is 0 Å². The Kier molecular flexibility index (Phi) is 7.18. The quantitative estimate of drug-likeness (QED) is 0.799. The number of sulfonamides is 1. The van der Waals surface area contributed by atoms with Crippen LogP contribution in [0.25, 0.3) is 0 Å². The molecule has 10 heteroatoms. The predicted molar refractivity (Wildman–Crippen MR) is 98.9 cm³/mol. The number of nitrogens with two attached hydrogens (primary N) is 1. The first-order valence-electron chi connectivity index (χ1n) is 8.78. The lowest BCUT2D eigenvalue weighted by molar-refractivity contribution is -0.133. The molecule has 1 heterocycles. The van der Waals surface area contributed by atoms with Crippen molar-refractivity contribution in [1.82, 2.24) is 9.21 Å². The van der Waals surface area contributed by atoms with Gasteiger partial charge in [0.05, 0.1) is 0 Å². The maximum absolute atomic E-state index is 13.8. The molecule has 6 nitrogen and oxygen atoms in total. The second-order valence-corrected chi connectivity index (χ2v) is 8.77. The van der Waals surface area contributed by atoms with Crippen molar-refractivity contribution < 1.29 is 22.0 Å². The van der Waals surface area contributed by atoms with Crippen LogP contribution in [-0.2, 0) is 14.8 Å². The van der Waals surface area contributed by atoms with Gasteiger partial charge in [-0.15, -0.1) is 12.4 Å². The van der Waals surface area contributed by atoms with E-state index in [2.05, 4.69) is 0 Å². The van der Waals surface area contributed by atoms with Gasteiger partial charge in [0, 0.05) is 38.6 Å². The molecule has 2 fully saturated rings. The summed E-state index contributed by atoms with van der Waals surface area (Å²) in [5.74, 6) is -2.09. The number of rotatable bonds is 4. The van der Waals surface area contributed by atoms with Crippen LogP contribution in [-0.4, -0.2) is 55.8 Å². The summed E-state index contributed by atoms with van der Waals surface area (Å²) in [5, 5.41) is 0. The van der Waals surface area contributed by atoms with Crippen LogP contribution in [0.1, 0.15) is 25.7 Å². The summed E-state index contributed by atoms with van der Waals surface area (Å²) >= 11 is 0. The van der Waals surface area contributed by atoms with E-state index >= 15 is 0 Å². The second-order valence-electron chi connectivity index (χ2n) is 6.89. The van der Waals surface area contributed by atoms with Gasteiger partial charge in [0.2, 0.25) is 15.9 Å². The molecule has 2 atom stereocenters. The van der Waals surface area contributed by atoms with Crippen molar-refractivity contribution in [3.05, 3.63) is 29.8 Å². The Morgan fingerprint density at radius 2 is 1.70 bits per heavy atom. The van der Waals surface area contributed by atoms with Gasteiger partial charge in [0.25, 0.3) is 0 Å². The first-order valence-corrected chi connectivity index (χ1v) is 10.2. The van der Waals surface area contributed by atoms with Gasteiger partial charge in [0.15, 0.2) is 4.90 Å². The molecular formula is C17H24ClF2N3O3S. The summed E-state index contributed by atoms with van der Waals surface area (Å²) in [4.78, 5) is 13.1. The maximum atomic E-state index is 13.8. The van der Waals surface area contributed by atoms with Crippen molar-refractivity contribution in [1.29, 1.82) is 0 Å². The van der Waals surface area contributed by atoms with E-state index in [0.717, 1.165) is 41.8 Å². The third-order valence-corrected chi connectivity index (χ3v) is 7.21. The molecule has 3 rings (SSSR count). The van der Waals surface area contributed by atoms with Crippen LogP contribution in [0.4, 0.5) is 8.78 Å². The largest absolute Gasteiger partial charge is 0.340 e. The number of amides is 1. The Morgan fingerprint density at radius 3 is 2.22 bits per heavy atom. The maximum Gasteiger partial charge on any atom is 0.249 e. The molecule has 1 amide bonds. The highest BCUT2D eigenvalue weighted by atomic mass is 35.5. The van der Waals surface area contributed by atoms with Crippen LogP contribution in [0, 0.1) is 17.6 Å². The van der Waals surface area contributed by atoms with E-state index in [1.165, 1.54) is 0 Å². The van der Waals surface area contributed by atoms with Crippen molar-refractivity contribution >= 4 is 28.3 Å². The standard InChI is InChI=1S/C17H23F2N3O3S.ClH/c18-13-4-2-5-14(19)17(13)26(24,25)22-9-7-21(8-10-22)16(23)11-12-3-1-6-15(12)20;/h2,4-5,12,15H,1,3,6-11,20H2;1H/t12-,15+;/m0./s1. The number of hydrogen-bond donors (Lipinski definition) is 1. The molecule has 1 aromatic carbocycles. The zero-order chi connectivity index (χ0) is 18.9. The Balaban J connectivity index is 0.00000261. The zero-order valence-electron chi connectivity index (χ0n) is 14.8. The van der Waals surface area contributed by atoms with E-state index < -0.39 is 26.6 Å². The third kappa shape index (κ3) is 4.59. The molecule has 1 aliphatic heterocycles. The highest BCUT2D eigenvalue weighted by Gasteiger charge is 2.35. The number of nitrogens with zero attached hydrogens (tertiary/aromatic N) is 2. The molecule has 27 heavy (non-hydrogen) atoms. The van der Waals surface area contributed by atoms with Gasteiger partial charge < -0.3 is 10.6 Å². The number of piperazine rings is 1. The number of benzene rings is 1. The molecule has 2 N–H and O–H groups in total. The van der Waals surface area contributed by atoms with Gasteiger partial charge in [-0.25, -0.2) is 17.2 Å². The summed E-state index contributed by atoms with van der Waals surface area (Å²) in [7, 11) is -4.28. The lowest BCUT2D eigenvalue weighted by Crippen LogP contribution is -2.51. The molecular weight excluding hydrogens is 400 g/mol. The topological polar surface area (TPSA) is 83.7 Å². The third-order valence-electron chi connectivity index (χ3n) is 5.26. The monoisotopic (exact) mass is 423 g/mol. The van der Waals surface area contributed by atoms with E-state index in [1.807, 2.05) is 0 Å². The summed E-state index contributed by atoms with van der Waals surface area (Å²) in [6.45, 7) is 0.434. The van der Waals surface area contributed by atoms with E-state index in [4.69, 9.17) is 5.73 Å². The van der Waals surface area contributed by atoms with Crippen molar-refractivity contribution in [3.8, 4) is 0 Å². The van der Waals surface area contributed by atoms with Gasteiger partial charge in [-0.3, -0.25) is 4.79 Å². The first kappa shape index (κ1) is 22.0. The molecule has 1 saturated heterocycles. The number of hydrogen-bond acceptors (Lipinski definition) is 4. The smallest absolute Gasteiger partial charge is 0.249 e. The SMILES string of the molecule is Cl.N[C@@H]1CCC[C@H]1CC(=O)N1CCN(S(=O)(=O)c2c(F)cccc2F)CC1. The van der Waals surface area contributed by atoms with Gasteiger partial charge in [0.1, 0.15) is 11.6 Å². The van der Waals surface area contributed by atoms with E-state index in [9.17, 15) is 22.0 Å². The predicted octanol–water partition coefficient (Wildman–Crippen LogP) is 1.74. The highest BCUT2D eigenvalue weighted by molar-refractivity contribution is 7.89. The summed E-state index contributed by atoms with van der Waals surface area (Å²) < 4.78 is 53.8. The van der Waals surface area contributed by atoms with Crippen LogP contribution in [0.15, 0.2) is 23.1 Å². The fourth-order valence-electron chi connectivity index (χ4n) is 3.71. The molecule has 1 aliphatic carbocycles. The zero-order valence-corrected chi connectivity index (χ0v) is 16.4. The van der Waals surface area contributed by atoms with Crippen LogP contribution in [0.5, 0.6) is 0 Å². The minimum Gasteiger partial charge on any atom is -0.340 e. The Morgan fingerprint density at radius 1 is 1.11 bits per heavy atom. The molecule has 0 radical (unpaired) electrons. The Bertz CT molecular complexity index is 765. The second kappa shape index (κ2) is 8.81. The summed E-state index contributed by atoms with van der Waals surface area (Å²) in [5.41, 5.74) is 6.00. The molecule has 0 bridgehead atoms. The number of carbonyl (C=O) groups is 1.